The second-order valence-electron chi connectivity index (χ2n) is 8.93. The Morgan fingerprint density at radius 2 is 1.94 bits per heavy atom. The Morgan fingerprint density at radius 3 is 2.58 bits per heavy atom. The van der Waals surface area contributed by atoms with E-state index in [-0.39, 0.29) is 52.1 Å². The predicted octanol–water partition coefficient (Wildman–Crippen LogP) is 4.89. The molecule has 1 saturated heterocycles. The van der Waals surface area contributed by atoms with Gasteiger partial charge in [0.15, 0.2) is 26.2 Å². The van der Waals surface area contributed by atoms with Gasteiger partial charge in [-0.05, 0) is 24.2 Å². The smallest absolute Gasteiger partial charge is 0.313 e. The van der Waals surface area contributed by atoms with Gasteiger partial charge in [0.1, 0.15) is 0 Å². The molecule has 0 atom stereocenters. The summed E-state index contributed by atoms with van der Waals surface area (Å²) in [7, 11) is -2.00. The van der Waals surface area contributed by atoms with Crippen molar-refractivity contribution >= 4 is 30.6 Å². The van der Waals surface area contributed by atoms with Crippen molar-refractivity contribution < 1.29 is 27.2 Å². The van der Waals surface area contributed by atoms with Gasteiger partial charge in [0.05, 0.1) is 30.1 Å². The summed E-state index contributed by atoms with van der Waals surface area (Å²) in [6, 6.07) is 1.35. The molecule has 1 aromatic carbocycles. The predicted molar refractivity (Wildman–Crippen MR) is 114 cm³/mol. The molecule has 2 aromatic heterocycles. The normalized spacial score (nSPS) is 16.0. The van der Waals surface area contributed by atoms with Gasteiger partial charge < -0.3 is 18.4 Å². The average molecular weight is 471 g/mol. The Balaban J connectivity index is 1.70. The highest BCUT2D eigenvalue weighted by atomic mass is 32.1. The van der Waals surface area contributed by atoms with E-state index in [1.54, 1.807) is 6.20 Å². The molecule has 11 heteroatoms. The minimum Gasteiger partial charge on any atom is -0.412 e. The van der Waals surface area contributed by atoms with Gasteiger partial charge in [0.2, 0.25) is 11.4 Å². The molecular formula is C20H24F2N2O5SSi. The Kier molecular flexibility index (Phi) is 5.67. The largest absolute Gasteiger partial charge is 0.412 e. The summed E-state index contributed by atoms with van der Waals surface area (Å²) in [5, 5.41) is 4.02. The van der Waals surface area contributed by atoms with E-state index in [2.05, 4.69) is 39.0 Å². The van der Waals surface area contributed by atoms with Crippen LogP contribution in [-0.4, -0.2) is 31.3 Å². The lowest BCUT2D eigenvalue weighted by molar-refractivity contribution is -0.0467. The fourth-order valence-electron chi connectivity index (χ4n) is 2.97. The van der Waals surface area contributed by atoms with Crippen LogP contribution in [0.25, 0.3) is 16.8 Å². The maximum Gasteiger partial charge on any atom is 0.313 e. The summed E-state index contributed by atoms with van der Waals surface area (Å²) < 4.78 is 52.2. The molecule has 0 N–H and O–H groups in total. The summed E-state index contributed by atoms with van der Waals surface area (Å²) in [5.41, 5.74) is -0.469. The molecule has 0 spiro atoms. The molecule has 1 fully saturated rings. The Morgan fingerprint density at radius 1 is 1.26 bits per heavy atom. The molecule has 1 aliphatic rings. The Bertz CT molecular complexity index is 1170. The number of halogens is 2. The number of thiazole rings is 1. The van der Waals surface area contributed by atoms with Crippen LogP contribution in [0, 0.1) is 11.6 Å². The average Bonchev–Trinajstić information content (AvgIpc) is 3.41. The number of fused-ring (bicyclic) bond motifs is 1. The zero-order valence-electron chi connectivity index (χ0n) is 18.0. The maximum atomic E-state index is 14.6. The van der Waals surface area contributed by atoms with Crippen LogP contribution in [0.15, 0.2) is 21.6 Å². The molecule has 168 valence electrons. The highest BCUT2D eigenvalue weighted by Crippen LogP contribution is 2.37. The summed E-state index contributed by atoms with van der Waals surface area (Å²) in [4.78, 5) is 13.0. The van der Waals surface area contributed by atoms with Crippen LogP contribution >= 0.6 is 11.3 Å². The molecule has 1 aliphatic heterocycles. The molecule has 3 heterocycles. The zero-order chi connectivity index (χ0) is 22.6. The minimum absolute atomic E-state index is 0.0330. The van der Waals surface area contributed by atoms with Crippen LogP contribution in [0.1, 0.15) is 37.5 Å². The lowest BCUT2D eigenvalue weighted by Crippen LogP contribution is -2.40. The van der Waals surface area contributed by atoms with Crippen molar-refractivity contribution in [3.63, 3.8) is 0 Å². The number of benzene rings is 1. The molecule has 0 aliphatic carbocycles. The molecule has 7 nitrogen and oxygen atoms in total. The van der Waals surface area contributed by atoms with Gasteiger partial charge in [-0.15, -0.1) is 0 Å². The van der Waals surface area contributed by atoms with Crippen molar-refractivity contribution in [2.45, 2.75) is 51.8 Å². The van der Waals surface area contributed by atoms with Crippen LogP contribution in [0.4, 0.5) is 8.78 Å². The van der Waals surface area contributed by atoms with Gasteiger partial charge in [-0.2, -0.15) is 4.39 Å². The summed E-state index contributed by atoms with van der Waals surface area (Å²) in [6.07, 6.45) is 0.579. The summed E-state index contributed by atoms with van der Waals surface area (Å²) in [6.45, 7) is 11.5. The van der Waals surface area contributed by atoms with Gasteiger partial charge in [-0.25, -0.2) is 4.39 Å². The molecule has 4 rings (SSSR count). The van der Waals surface area contributed by atoms with E-state index in [0.717, 1.165) is 11.3 Å². The van der Waals surface area contributed by atoms with Crippen LogP contribution in [0.5, 0.6) is 0 Å². The first kappa shape index (κ1) is 22.3. The van der Waals surface area contributed by atoms with E-state index in [1.807, 2.05) is 0 Å². The van der Waals surface area contributed by atoms with Crippen LogP contribution in [-0.2, 0) is 20.5 Å². The molecule has 0 amide bonds. The standard InChI is InChI=1S/C20H24F2N2O5SSi/c1-20(2,3)31(4,5)28-10-11-9-24(19(25)30-11)17-13-8-12(18-26-6-7-27-18)14(21)15(22)16(13)29-23-17/h8-9,18H,6-7,10H2,1-5H3. The van der Waals surface area contributed by atoms with Gasteiger partial charge in [-0.1, -0.05) is 37.3 Å². The van der Waals surface area contributed by atoms with Gasteiger partial charge >= 0.3 is 4.87 Å². The SMILES string of the molecule is CC(C)(C)[Si](C)(C)OCc1cn(-c2noc3c(F)c(F)c(C4OCCO4)cc23)c(=O)s1. The Hall–Kier alpha value is -1.92. The van der Waals surface area contributed by atoms with E-state index >= 15 is 0 Å². The molecule has 0 bridgehead atoms. The number of aromatic nitrogens is 2. The molecule has 0 unspecified atom stereocenters. The van der Waals surface area contributed by atoms with E-state index in [0.29, 0.717) is 4.88 Å². The summed E-state index contributed by atoms with van der Waals surface area (Å²) >= 11 is 1.02. The first-order chi connectivity index (χ1) is 14.5. The molecule has 0 radical (unpaired) electrons. The highest BCUT2D eigenvalue weighted by molar-refractivity contribution is 7.09. The van der Waals surface area contributed by atoms with Crippen LogP contribution < -0.4 is 4.87 Å². The van der Waals surface area contributed by atoms with Crippen molar-refractivity contribution in [1.29, 1.82) is 0 Å². The Labute approximate surface area is 182 Å². The minimum atomic E-state index is -2.00. The second-order valence-corrected chi connectivity index (χ2v) is 14.8. The van der Waals surface area contributed by atoms with E-state index in [4.69, 9.17) is 18.4 Å². The lowest BCUT2D eigenvalue weighted by atomic mass is 10.1. The monoisotopic (exact) mass is 470 g/mol. The fourth-order valence-corrected chi connectivity index (χ4v) is 4.76. The maximum absolute atomic E-state index is 14.6. The number of hydrogen-bond donors (Lipinski definition) is 0. The molecule has 0 saturated carbocycles. The number of nitrogens with zero attached hydrogens (tertiary/aromatic N) is 2. The number of ether oxygens (including phenoxy) is 2. The highest BCUT2D eigenvalue weighted by Gasteiger charge is 2.37. The van der Waals surface area contributed by atoms with Crippen molar-refractivity contribution in [3.05, 3.63) is 44.0 Å². The van der Waals surface area contributed by atoms with Crippen molar-refractivity contribution in [2.75, 3.05) is 13.2 Å². The third-order valence-electron chi connectivity index (χ3n) is 5.83. The van der Waals surface area contributed by atoms with Crippen LogP contribution in [0.2, 0.25) is 18.1 Å². The molecule has 3 aromatic rings. The number of hydrogen-bond acceptors (Lipinski definition) is 7. The topological polar surface area (TPSA) is 75.7 Å². The molecular weight excluding hydrogens is 446 g/mol. The second kappa shape index (κ2) is 7.89. The van der Waals surface area contributed by atoms with Gasteiger partial charge in [0, 0.05) is 11.8 Å². The third-order valence-corrected chi connectivity index (χ3v) is 11.2. The first-order valence-electron chi connectivity index (χ1n) is 9.86. The number of rotatable bonds is 5. The van der Waals surface area contributed by atoms with Gasteiger partial charge in [0.25, 0.3) is 0 Å². The van der Waals surface area contributed by atoms with E-state index in [1.165, 1.54) is 10.6 Å². The van der Waals surface area contributed by atoms with Gasteiger partial charge in [-0.3, -0.25) is 9.36 Å². The van der Waals surface area contributed by atoms with E-state index in [9.17, 15) is 13.6 Å². The fraction of sp³-hybridized carbons (Fsp3) is 0.500. The van der Waals surface area contributed by atoms with Crippen LogP contribution in [0.3, 0.4) is 0 Å². The van der Waals surface area contributed by atoms with Crippen molar-refractivity contribution in [2.24, 2.45) is 0 Å². The quantitative estimate of drug-likeness (QED) is 0.495. The lowest BCUT2D eigenvalue weighted by Gasteiger charge is -2.35. The summed E-state index contributed by atoms with van der Waals surface area (Å²) in [5.74, 6) is -2.24. The zero-order valence-corrected chi connectivity index (χ0v) is 19.8. The molecule has 31 heavy (non-hydrogen) atoms. The van der Waals surface area contributed by atoms with E-state index < -0.39 is 26.2 Å². The van der Waals surface area contributed by atoms with Crippen molar-refractivity contribution in [3.8, 4) is 5.82 Å². The third kappa shape index (κ3) is 4.00. The van der Waals surface area contributed by atoms with Crippen molar-refractivity contribution in [1.82, 2.24) is 9.72 Å². The first-order valence-corrected chi connectivity index (χ1v) is 13.6.